The lowest BCUT2D eigenvalue weighted by Crippen LogP contribution is -2.53. The van der Waals surface area contributed by atoms with E-state index < -0.39 is 37.1 Å². The fourth-order valence-electron chi connectivity index (χ4n) is 1.28. The molecule has 5 atom stereocenters. The molecule has 0 aromatic carbocycles. The highest BCUT2D eigenvalue weighted by atomic mass is 16.5. The number of hydrogen-bond acceptors (Lipinski definition) is 6. The average Bonchev–Trinajstić information content (AvgIpc) is 2.11. The summed E-state index contributed by atoms with van der Waals surface area (Å²) >= 11 is 0. The molecule has 1 fully saturated rings. The standard InChI is InChI=1S/C8H16O6/c9-3-4(10)6(11)8(13)7(12)5-1-2-14-5/h4-13H,1-3H2/t4-,5?,6-,7+,8+/m1/s1. The van der Waals surface area contributed by atoms with Gasteiger partial charge in [0, 0.05) is 6.61 Å². The van der Waals surface area contributed by atoms with Crippen molar-refractivity contribution in [1.29, 1.82) is 0 Å². The number of ether oxygens (including phenoxy) is 1. The summed E-state index contributed by atoms with van der Waals surface area (Å²) < 4.78 is 4.91. The van der Waals surface area contributed by atoms with Gasteiger partial charge in [-0.05, 0) is 6.42 Å². The molecular weight excluding hydrogens is 192 g/mol. The Labute approximate surface area is 81.4 Å². The second-order valence-corrected chi connectivity index (χ2v) is 3.42. The Kier molecular flexibility index (Phi) is 4.24. The van der Waals surface area contributed by atoms with Crippen LogP contribution in [0.4, 0.5) is 0 Å². The molecule has 1 aliphatic rings. The van der Waals surface area contributed by atoms with Gasteiger partial charge in [-0.2, -0.15) is 0 Å². The van der Waals surface area contributed by atoms with Crippen molar-refractivity contribution in [2.75, 3.05) is 13.2 Å². The zero-order valence-electron chi connectivity index (χ0n) is 7.65. The van der Waals surface area contributed by atoms with Crippen molar-refractivity contribution in [2.24, 2.45) is 0 Å². The summed E-state index contributed by atoms with van der Waals surface area (Å²) in [6.07, 6.45) is -5.66. The first-order valence-corrected chi connectivity index (χ1v) is 4.52. The molecule has 1 unspecified atom stereocenters. The maximum Gasteiger partial charge on any atom is 0.111 e. The fourth-order valence-corrected chi connectivity index (χ4v) is 1.28. The molecular formula is C8H16O6. The predicted octanol–water partition coefficient (Wildman–Crippen LogP) is -2.79. The molecule has 1 aliphatic heterocycles. The third-order valence-electron chi connectivity index (χ3n) is 2.40. The predicted molar refractivity (Wildman–Crippen MR) is 45.5 cm³/mol. The van der Waals surface area contributed by atoms with Gasteiger partial charge in [-0.3, -0.25) is 0 Å². The summed E-state index contributed by atoms with van der Waals surface area (Å²) in [5.41, 5.74) is 0. The molecule has 0 spiro atoms. The first-order valence-electron chi connectivity index (χ1n) is 4.52. The fraction of sp³-hybridized carbons (Fsp3) is 1.00. The minimum atomic E-state index is -1.57. The van der Waals surface area contributed by atoms with Crippen molar-refractivity contribution in [2.45, 2.75) is 36.9 Å². The molecule has 6 heteroatoms. The van der Waals surface area contributed by atoms with Crippen LogP contribution in [0.5, 0.6) is 0 Å². The molecule has 6 nitrogen and oxygen atoms in total. The number of hydrogen-bond donors (Lipinski definition) is 5. The van der Waals surface area contributed by atoms with Gasteiger partial charge < -0.3 is 30.3 Å². The molecule has 1 saturated heterocycles. The van der Waals surface area contributed by atoms with Crippen molar-refractivity contribution in [1.82, 2.24) is 0 Å². The van der Waals surface area contributed by atoms with Crippen LogP contribution in [0.1, 0.15) is 6.42 Å². The molecule has 0 aliphatic carbocycles. The first-order chi connectivity index (χ1) is 6.57. The molecule has 0 aromatic heterocycles. The van der Waals surface area contributed by atoms with E-state index in [9.17, 15) is 15.3 Å². The van der Waals surface area contributed by atoms with Gasteiger partial charge in [-0.15, -0.1) is 0 Å². The molecule has 0 bridgehead atoms. The largest absolute Gasteiger partial charge is 0.394 e. The lowest BCUT2D eigenvalue weighted by Gasteiger charge is -2.35. The highest BCUT2D eigenvalue weighted by molar-refractivity contribution is 4.87. The van der Waals surface area contributed by atoms with Crippen molar-refractivity contribution < 1.29 is 30.3 Å². The minimum Gasteiger partial charge on any atom is -0.394 e. The maximum atomic E-state index is 9.42. The quantitative estimate of drug-likeness (QED) is 0.334. The van der Waals surface area contributed by atoms with E-state index in [1.165, 1.54) is 0 Å². The molecule has 0 radical (unpaired) electrons. The van der Waals surface area contributed by atoms with Gasteiger partial charge in [-0.1, -0.05) is 0 Å². The van der Waals surface area contributed by atoms with Crippen LogP contribution in [0.15, 0.2) is 0 Å². The topological polar surface area (TPSA) is 110 Å². The Morgan fingerprint density at radius 3 is 2.07 bits per heavy atom. The van der Waals surface area contributed by atoms with Gasteiger partial charge in [0.1, 0.15) is 24.4 Å². The van der Waals surface area contributed by atoms with Crippen molar-refractivity contribution in [3.05, 3.63) is 0 Å². The van der Waals surface area contributed by atoms with E-state index >= 15 is 0 Å². The van der Waals surface area contributed by atoms with Crippen molar-refractivity contribution in [3.8, 4) is 0 Å². The second kappa shape index (κ2) is 5.01. The van der Waals surface area contributed by atoms with E-state index in [2.05, 4.69) is 0 Å². The van der Waals surface area contributed by atoms with Gasteiger partial charge in [0.2, 0.25) is 0 Å². The first kappa shape index (κ1) is 11.8. The highest BCUT2D eigenvalue weighted by Crippen LogP contribution is 2.19. The van der Waals surface area contributed by atoms with Crippen LogP contribution < -0.4 is 0 Å². The molecule has 14 heavy (non-hydrogen) atoms. The van der Waals surface area contributed by atoms with Crippen LogP contribution in [0.3, 0.4) is 0 Å². The van der Waals surface area contributed by atoms with E-state index in [0.717, 1.165) is 0 Å². The van der Waals surface area contributed by atoms with Gasteiger partial charge in [0.05, 0.1) is 12.7 Å². The van der Waals surface area contributed by atoms with Crippen LogP contribution in [-0.2, 0) is 4.74 Å². The molecule has 0 saturated carbocycles. The number of aliphatic hydroxyl groups is 5. The smallest absolute Gasteiger partial charge is 0.111 e. The molecule has 1 rings (SSSR count). The Morgan fingerprint density at radius 1 is 1.14 bits per heavy atom. The summed E-state index contributed by atoms with van der Waals surface area (Å²) in [5.74, 6) is 0. The van der Waals surface area contributed by atoms with E-state index in [1.54, 1.807) is 0 Å². The summed E-state index contributed by atoms with van der Waals surface area (Å²) in [5, 5.41) is 45.6. The van der Waals surface area contributed by atoms with Crippen LogP contribution in [0.2, 0.25) is 0 Å². The number of rotatable bonds is 5. The average molecular weight is 208 g/mol. The second-order valence-electron chi connectivity index (χ2n) is 3.42. The molecule has 1 heterocycles. The molecule has 5 N–H and O–H groups in total. The maximum absolute atomic E-state index is 9.42. The van der Waals surface area contributed by atoms with Crippen LogP contribution in [-0.4, -0.2) is 69.3 Å². The van der Waals surface area contributed by atoms with E-state index in [4.69, 9.17) is 14.9 Å². The van der Waals surface area contributed by atoms with Gasteiger partial charge in [0.15, 0.2) is 0 Å². The van der Waals surface area contributed by atoms with E-state index in [1.807, 2.05) is 0 Å². The summed E-state index contributed by atoms with van der Waals surface area (Å²) in [6, 6.07) is 0. The number of aliphatic hydroxyl groups excluding tert-OH is 5. The summed E-state index contributed by atoms with van der Waals surface area (Å²) in [7, 11) is 0. The Hall–Kier alpha value is -0.240. The van der Waals surface area contributed by atoms with Crippen LogP contribution >= 0.6 is 0 Å². The Morgan fingerprint density at radius 2 is 1.71 bits per heavy atom. The molecule has 84 valence electrons. The van der Waals surface area contributed by atoms with Gasteiger partial charge in [-0.25, -0.2) is 0 Å². The Bertz CT molecular complexity index is 160. The zero-order chi connectivity index (χ0) is 10.7. The molecule has 0 aromatic rings. The van der Waals surface area contributed by atoms with Gasteiger partial charge in [0.25, 0.3) is 0 Å². The van der Waals surface area contributed by atoms with Crippen LogP contribution in [0, 0.1) is 0 Å². The minimum absolute atomic E-state index is 0.495. The Balaban J connectivity index is 2.41. The van der Waals surface area contributed by atoms with Crippen molar-refractivity contribution >= 4 is 0 Å². The highest BCUT2D eigenvalue weighted by Gasteiger charge is 2.37. The third-order valence-corrected chi connectivity index (χ3v) is 2.40. The zero-order valence-corrected chi connectivity index (χ0v) is 7.65. The van der Waals surface area contributed by atoms with Gasteiger partial charge >= 0.3 is 0 Å². The molecule has 0 amide bonds. The van der Waals surface area contributed by atoms with Crippen molar-refractivity contribution in [3.63, 3.8) is 0 Å². The van der Waals surface area contributed by atoms with E-state index in [-0.39, 0.29) is 0 Å². The lowest BCUT2D eigenvalue weighted by atomic mass is 9.96. The third kappa shape index (κ3) is 2.41. The summed E-state index contributed by atoms with van der Waals surface area (Å²) in [4.78, 5) is 0. The summed E-state index contributed by atoms with van der Waals surface area (Å²) in [6.45, 7) is -0.149. The SMILES string of the molecule is OC[C@@H](O)[C@@H](O)[C@H](O)[C@@H](O)C1CCO1. The van der Waals surface area contributed by atoms with Crippen LogP contribution in [0.25, 0.3) is 0 Å². The lowest BCUT2D eigenvalue weighted by molar-refractivity contribution is -0.182. The normalized spacial score (nSPS) is 30.2. The van der Waals surface area contributed by atoms with E-state index in [0.29, 0.717) is 13.0 Å². The monoisotopic (exact) mass is 208 g/mol.